The first-order valence-electron chi connectivity index (χ1n) is 14.4. The molecular weight excluding hydrogens is 561 g/mol. The van der Waals surface area contributed by atoms with Crippen molar-refractivity contribution in [1.29, 1.82) is 0 Å². The number of hydrogen-bond donors (Lipinski definition) is 1. The van der Waals surface area contributed by atoms with Crippen LogP contribution in [0, 0.1) is 0 Å². The van der Waals surface area contributed by atoms with Gasteiger partial charge in [0.05, 0.1) is 31.9 Å². The van der Waals surface area contributed by atoms with Crippen molar-refractivity contribution >= 4 is 35.0 Å². The molecule has 0 bridgehead atoms. The molecule has 6 rings (SSSR count). The molecule has 3 aliphatic heterocycles. The highest BCUT2D eigenvalue weighted by molar-refractivity contribution is 6.31. The molecule has 2 saturated heterocycles. The average Bonchev–Trinajstić information content (AvgIpc) is 3.36. The standard InChI is InChI=1S/C32H35Cl2N3O4/c33-23-5-10-26(11-6-23)41-32(38)37-15-13-27-28-21-24(34)7-12-29(28)35-30(27)31(37)22-3-8-25(9-4-22)40-18-2-1-14-36-16-19-39-20-17-36/h3-12,21,27,30-31,35H,1-2,13-20H2. The first kappa shape index (κ1) is 28.2. The molecule has 3 heterocycles. The van der Waals surface area contributed by atoms with E-state index in [1.165, 1.54) is 5.56 Å². The summed E-state index contributed by atoms with van der Waals surface area (Å²) in [7, 11) is 0. The molecule has 3 aromatic rings. The zero-order chi connectivity index (χ0) is 28.2. The van der Waals surface area contributed by atoms with Gasteiger partial charge in [0.2, 0.25) is 0 Å². The third-order valence-electron chi connectivity index (χ3n) is 8.24. The van der Waals surface area contributed by atoms with Gasteiger partial charge in [-0.05, 0) is 91.5 Å². The number of nitrogens with zero attached hydrogens (tertiary/aromatic N) is 2. The number of fused-ring (bicyclic) bond motifs is 3. The van der Waals surface area contributed by atoms with E-state index in [2.05, 4.69) is 22.3 Å². The van der Waals surface area contributed by atoms with Gasteiger partial charge in [0, 0.05) is 41.3 Å². The van der Waals surface area contributed by atoms with Crippen molar-refractivity contribution in [3.05, 3.63) is 87.9 Å². The average molecular weight is 597 g/mol. The van der Waals surface area contributed by atoms with E-state index in [4.69, 9.17) is 37.4 Å². The predicted molar refractivity (Wildman–Crippen MR) is 162 cm³/mol. The molecule has 0 radical (unpaired) electrons. The Kier molecular flexibility index (Phi) is 8.87. The lowest BCUT2D eigenvalue weighted by molar-refractivity contribution is 0.0368. The van der Waals surface area contributed by atoms with Crippen LogP contribution in [0.4, 0.5) is 10.5 Å². The molecule has 7 nitrogen and oxygen atoms in total. The van der Waals surface area contributed by atoms with E-state index in [0.717, 1.165) is 74.1 Å². The Morgan fingerprint density at radius 1 is 0.902 bits per heavy atom. The van der Waals surface area contributed by atoms with Crippen molar-refractivity contribution in [3.8, 4) is 11.5 Å². The van der Waals surface area contributed by atoms with Gasteiger partial charge in [0.25, 0.3) is 0 Å². The number of morpholine rings is 1. The Balaban J connectivity index is 1.15. The van der Waals surface area contributed by atoms with Crippen molar-refractivity contribution < 1.29 is 19.0 Å². The quantitative estimate of drug-likeness (QED) is 0.283. The van der Waals surface area contributed by atoms with E-state index in [1.54, 1.807) is 24.3 Å². The number of hydrogen-bond acceptors (Lipinski definition) is 6. The second-order valence-electron chi connectivity index (χ2n) is 10.8. The van der Waals surface area contributed by atoms with Crippen LogP contribution < -0.4 is 14.8 Å². The van der Waals surface area contributed by atoms with Gasteiger partial charge in [-0.25, -0.2) is 4.79 Å². The number of carbonyl (C=O) groups is 1. The lowest BCUT2D eigenvalue weighted by Crippen LogP contribution is -2.50. The lowest BCUT2D eigenvalue weighted by Gasteiger charge is -2.42. The predicted octanol–water partition coefficient (Wildman–Crippen LogP) is 7.01. The molecule has 0 spiro atoms. The Bertz CT molecular complexity index is 1330. The fraction of sp³-hybridized carbons (Fsp3) is 0.406. The number of ether oxygens (including phenoxy) is 3. The summed E-state index contributed by atoms with van der Waals surface area (Å²) in [6, 6.07) is 20.7. The third-order valence-corrected chi connectivity index (χ3v) is 8.73. The molecule has 2 fully saturated rings. The number of anilines is 1. The molecule has 41 heavy (non-hydrogen) atoms. The van der Waals surface area contributed by atoms with Crippen LogP contribution in [-0.4, -0.2) is 67.9 Å². The summed E-state index contributed by atoms with van der Waals surface area (Å²) in [6.07, 6.45) is 2.53. The van der Waals surface area contributed by atoms with Crippen molar-refractivity contribution in [2.45, 2.75) is 37.3 Å². The van der Waals surface area contributed by atoms with Crippen LogP contribution >= 0.6 is 23.2 Å². The number of halogens is 2. The maximum atomic E-state index is 13.5. The topological polar surface area (TPSA) is 63.3 Å². The molecular formula is C32H35Cl2N3O4. The summed E-state index contributed by atoms with van der Waals surface area (Å²) in [5, 5.41) is 5.00. The monoisotopic (exact) mass is 595 g/mol. The summed E-state index contributed by atoms with van der Waals surface area (Å²) < 4.78 is 17.3. The Morgan fingerprint density at radius 3 is 2.41 bits per heavy atom. The van der Waals surface area contributed by atoms with Gasteiger partial charge >= 0.3 is 6.09 Å². The minimum atomic E-state index is -0.382. The zero-order valence-electron chi connectivity index (χ0n) is 22.9. The van der Waals surface area contributed by atoms with Crippen LogP contribution in [0.1, 0.15) is 42.3 Å². The molecule has 1 amide bonds. The van der Waals surface area contributed by atoms with Crippen molar-refractivity contribution in [2.75, 3.05) is 51.3 Å². The molecule has 3 unspecified atom stereocenters. The molecule has 3 aliphatic rings. The first-order valence-corrected chi connectivity index (χ1v) is 15.1. The van der Waals surface area contributed by atoms with Crippen LogP contribution in [-0.2, 0) is 4.74 Å². The number of unbranched alkanes of at least 4 members (excludes halogenated alkanes) is 1. The number of likely N-dealkylation sites (tertiary alicyclic amines) is 1. The van der Waals surface area contributed by atoms with Crippen LogP contribution in [0.5, 0.6) is 11.5 Å². The highest BCUT2D eigenvalue weighted by Gasteiger charge is 2.46. The van der Waals surface area contributed by atoms with Crippen LogP contribution in [0.2, 0.25) is 10.0 Å². The van der Waals surface area contributed by atoms with Gasteiger partial charge in [-0.2, -0.15) is 0 Å². The van der Waals surface area contributed by atoms with E-state index < -0.39 is 0 Å². The van der Waals surface area contributed by atoms with Gasteiger partial charge in [-0.3, -0.25) is 9.80 Å². The van der Waals surface area contributed by atoms with Gasteiger partial charge in [0.15, 0.2) is 0 Å². The largest absolute Gasteiger partial charge is 0.494 e. The fourth-order valence-electron chi connectivity index (χ4n) is 6.16. The van der Waals surface area contributed by atoms with Crippen LogP contribution in [0.3, 0.4) is 0 Å². The third kappa shape index (κ3) is 6.59. The van der Waals surface area contributed by atoms with Crippen molar-refractivity contribution in [1.82, 2.24) is 9.80 Å². The number of amides is 1. The van der Waals surface area contributed by atoms with E-state index in [0.29, 0.717) is 23.9 Å². The van der Waals surface area contributed by atoms with Crippen molar-refractivity contribution in [3.63, 3.8) is 0 Å². The first-order chi connectivity index (χ1) is 20.0. The molecule has 3 atom stereocenters. The summed E-state index contributed by atoms with van der Waals surface area (Å²) in [6.45, 7) is 6.01. The van der Waals surface area contributed by atoms with Gasteiger partial charge in [-0.15, -0.1) is 0 Å². The SMILES string of the molecule is O=C(Oc1ccc(Cl)cc1)N1CCC2c3cc(Cl)ccc3NC2C1c1ccc(OCCCCN2CCOCC2)cc1. The number of piperidine rings is 1. The molecule has 0 aliphatic carbocycles. The van der Waals surface area contributed by atoms with Gasteiger partial charge in [-0.1, -0.05) is 35.3 Å². The maximum absolute atomic E-state index is 13.5. The minimum absolute atomic E-state index is 0.0121. The van der Waals surface area contributed by atoms with Crippen LogP contribution in [0.15, 0.2) is 66.7 Å². The van der Waals surface area contributed by atoms with Gasteiger partial charge < -0.3 is 19.5 Å². The molecule has 9 heteroatoms. The molecule has 1 N–H and O–H groups in total. The van der Waals surface area contributed by atoms with E-state index in [1.807, 2.05) is 35.2 Å². The Labute approximate surface area is 251 Å². The second-order valence-corrected chi connectivity index (χ2v) is 11.7. The summed E-state index contributed by atoms with van der Waals surface area (Å²) >= 11 is 12.4. The Hall–Kier alpha value is -2.97. The highest BCUT2D eigenvalue weighted by Crippen LogP contribution is 2.48. The fourth-order valence-corrected chi connectivity index (χ4v) is 6.46. The number of benzene rings is 3. The molecule has 3 aromatic carbocycles. The maximum Gasteiger partial charge on any atom is 0.415 e. The number of nitrogens with one attached hydrogen (secondary N) is 1. The molecule has 0 aromatic heterocycles. The van der Waals surface area contributed by atoms with E-state index >= 15 is 0 Å². The lowest BCUT2D eigenvalue weighted by atomic mass is 9.81. The van der Waals surface area contributed by atoms with Crippen LogP contribution in [0.25, 0.3) is 0 Å². The minimum Gasteiger partial charge on any atom is -0.494 e. The van der Waals surface area contributed by atoms with Crippen molar-refractivity contribution in [2.24, 2.45) is 0 Å². The number of rotatable bonds is 8. The molecule has 0 saturated carbocycles. The zero-order valence-corrected chi connectivity index (χ0v) is 24.4. The van der Waals surface area contributed by atoms with E-state index in [9.17, 15) is 4.79 Å². The second kappa shape index (κ2) is 12.9. The van der Waals surface area contributed by atoms with Gasteiger partial charge in [0.1, 0.15) is 11.5 Å². The normalized spacial score (nSPS) is 22.0. The summed E-state index contributed by atoms with van der Waals surface area (Å²) in [5.74, 6) is 1.53. The summed E-state index contributed by atoms with van der Waals surface area (Å²) in [5.41, 5.74) is 3.30. The van der Waals surface area contributed by atoms with E-state index in [-0.39, 0.29) is 24.1 Å². The smallest absolute Gasteiger partial charge is 0.415 e. The highest BCUT2D eigenvalue weighted by atomic mass is 35.5. The Morgan fingerprint density at radius 2 is 1.63 bits per heavy atom. The summed E-state index contributed by atoms with van der Waals surface area (Å²) in [4.78, 5) is 17.8. The molecule has 216 valence electrons. The number of carbonyl (C=O) groups excluding carboxylic acids is 1.